The molecule has 0 fully saturated rings. The zero-order valence-electron chi connectivity index (χ0n) is 11.1. The third kappa shape index (κ3) is 1.76. The molecule has 0 aliphatic carbocycles. The zero-order valence-corrected chi connectivity index (χ0v) is 11.9. The first-order chi connectivity index (χ1) is 10.3. The number of nitriles is 1. The van der Waals surface area contributed by atoms with E-state index in [9.17, 15) is 5.26 Å². The number of nitrogens with one attached hydrogen (secondary N) is 1. The summed E-state index contributed by atoms with van der Waals surface area (Å²) in [5.74, 6) is 0.928. The van der Waals surface area contributed by atoms with E-state index in [1.807, 2.05) is 12.3 Å². The molecular weight excluding hydrogens is 284 g/mol. The van der Waals surface area contributed by atoms with Crippen molar-refractivity contribution in [3.63, 3.8) is 0 Å². The van der Waals surface area contributed by atoms with Gasteiger partial charge in [-0.05, 0) is 18.1 Å². The highest BCUT2D eigenvalue weighted by Gasteiger charge is 2.25. The number of H-pyrrole nitrogens is 1. The predicted octanol–water partition coefficient (Wildman–Crippen LogP) is 2.04. The molecule has 0 unspecified atom stereocenters. The van der Waals surface area contributed by atoms with Crippen LogP contribution in [0, 0.1) is 11.3 Å². The molecule has 3 N–H and O–H groups in total. The fourth-order valence-electron chi connectivity index (χ4n) is 2.84. The Morgan fingerprint density at radius 1 is 1.43 bits per heavy atom. The average Bonchev–Trinajstić information content (AvgIpc) is 3.08. The van der Waals surface area contributed by atoms with E-state index in [0.717, 1.165) is 46.8 Å². The summed E-state index contributed by atoms with van der Waals surface area (Å²) in [6.45, 7) is 1.57. The van der Waals surface area contributed by atoms with Crippen LogP contribution in [-0.2, 0) is 13.0 Å². The minimum absolute atomic E-state index is 0.624. The lowest BCUT2D eigenvalue weighted by Gasteiger charge is -2.28. The number of hydrogen-bond acceptors (Lipinski definition) is 6. The van der Waals surface area contributed by atoms with Crippen LogP contribution in [0.2, 0.25) is 0 Å². The molecule has 6 nitrogen and oxygen atoms in total. The van der Waals surface area contributed by atoms with Gasteiger partial charge in [0.1, 0.15) is 28.9 Å². The van der Waals surface area contributed by atoms with Crippen molar-refractivity contribution in [2.75, 3.05) is 17.2 Å². The van der Waals surface area contributed by atoms with Crippen molar-refractivity contribution in [1.29, 1.82) is 5.26 Å². The number of aromatic amines is 1. The van der Waals surface area contributed by atoms with E-state index in [0.29, 0.717) is 10.6 Å². The van der Waals surface area contributed by atoms with Gasteiger partial charge in [-0.15, -0.1) is 11.3 Å². The quantitative estimate of drug-likeness (QED) is 0.716. The number of nitrogens with zero attached hydrogens (tertiary/aromatic N) is 4. The summed E-state index contributed by atoms with van der Waals surface area (Å²) < 4.78 is 0. The monoisotopic (exact) mass is 296 g/mol. The Balaban J connectivity index is 1.76. The van der Waals surface area contributed by atoms with Gasteiger partial charge in [0.05, 0.1) is 17.5 Å². The molecule has 7 heteroatoms. The van der Waals surface area contributed by atoms with Gasteiger partial charge in [0.2, 0.25) is 0 Å². The first-order valence-corrected chi connectivity index (χ1v) is 7.42. The summed E-state index contributed by atoms with van der Waals surface area (Å²) in [6.07, 6.45) is 4.27. The summed E-state index contributed by atoms with van der Waals surface area (Å²) in [5.41, 5.74) is 8.54. The number of hydrogen-bond donors (Lipinski definition) is 2. The van der Waals surface area contributed by atoms with Crippen molar-refractivity contribution in [2.24, 2.45) is 0 Å². The Hall–Kier alpha value is -2.59. The standard InChI is InChI=1S/C14H12N6S/c15-5-10-8-2-4-20(6-11(8)21-12(10)16)14-9-1-3-17-13(9)18-7-19-14/h1,3,7H,2,4,6,16H2,(H,17,18,19). The van der Waals surface area contributed by atoms with E-state index in [-0.39, 0.29) is 0 Å². The number of anilines is 2. The Kier molecular flexibility index (Phi) is 2.59. The number of fused-ring (bicyclic) bond motifs is 2. The molecule has 3 aromatic heterocycles. The van der Waals surface area contributed by atoms with Crippen LogP contribution in [0.4, 0.5) is 10.8 Å². The molecular formula is C14H12N6S. The molecule has 1 aliphatic rings. The number of aromatic nitrogens is 3. The molecule has 21 heavy (non-hydrogen) atoms. The topological polar surface area (TPSA) is 94.6 Å². The van der Waals surface area contributed by atoms with Gasteiger partial charge in [0, 0.05) is 17.6 Å². The minimum Gasteiger partial charge on any atom is -0.389 e. The van der Waals surface area contributed by atoms with E-state index < -0.39 is 0 Å². The van der Waals surface area contributed by atoms with Gasteiger partial charge in [-0.1, -0.05) is 0 Å². The zero-order chi connectivity index (χ0) is 14.4. The first-order valence-electron chi connectivity index (χ1n) is 6.61. The normalized spacial score (nSPS) is 14.1. The molecule has 0 saturated heterocycles. The molecule has 0 radical (unpaired) electrons. The van der Waals surface area contributed by atoms with Crippen LogP contribution in [-0.4, -0.2) is 21.5 Å². The second-order valence-electron chi connectivity index (χ2n) is 4.96. The predicted molar refractivity (Wildman–Crippen MR) is 82.1 cm³/mol. The van der Waals surface area contributed by atoms with Gasteiger partial charge >= 0.3 is 0 Å². The average molecular weight is 296 g/mol. The molecule has 0 spiro atoms. The van der Waals surface area contributed by atoms with Gasteiger partial charge in [0.15, 0.2) is 0 Å². The molecule has 104 valence electrons. The van der Waals surface area contributed by atoms with Crippen molar-refractivity contribution in [3.05, 3.63) is 34.6 Å². The maximum atomic E-state index is 9.20. The summed E-state index contributed by atoms with van der Waals surface area (Å²) >= 11 is 1.51. The maximum Gasteiger partial charge on any atom is 0.142 e. The van der Waals surface area contributed by atoms with Gasteiger partial charge in [-0.25, -0.2) is 9.97 Å². The van der Waals surface area contributed by atoms with Gasteiger partial charge in [-0.2, -0.15) is 5.26 Å². The highest BCUT2D eigenvalue weighted by atomic mass is 32.1. The smallest absolute Gasteiger partial charge is 0.142 e. The van der Waals surface area contributed by atoms with Crippen molar-refractivity contribution in [3.8, 4) is 6.07 Å². The van der Waals surface area contributed by atoms with Crippen molar-refractivity contribution in [2.45, 2.75) is 13.0 Å². The largest absolute Gasteiger partial charge is 0.389 e. The van der Waals surface area contributed by atoms with Crippen molar-refractivity contribution < 1.29 is 0 Å². The Morgan fingerprint density at radius 3 is 3.19 bits per heavy atom. The van der Waals surface area contributed by atoms with E-state index in [2.05, 4.69) is 25.9 Å². The number of nitrogen functional groups attached to an aromatic ring is 1. The Labute approximate surface area is 124 Å². The summed E-state index contributed by atoms with van der Waals surface area (Å²) in [4.78, 5) is 15.1. The molecule has 1 aliphatic heterocycles. The number of nitrogens with two attached hydrogens (primary N) is 1. The molecule has 4 heterocycles. The summed E-state index contributed by atoms with van der Waals surface area (Å²) in [5, 5.41) is 10.8. The molecule has 4 rings (SSSR count). The molecule has 0 bridgehead atoms. The van der Waals surface area contributed by atoms with E-state index in [1.54, 1.807) is 6.33 Å². The van der Waals surface area contributed by atoms with Crippen LogP contribution in [0.1, 0.15) is 16.0 Å². The molecule has 0 aromatic carbocycles. The highest BCUT2D eigenvalue weighted by molar-refractivity contribution is 7.16. The molecule has 3 aromatic rings. The van der Waals surface area contributed by atoms with Crippen LogP contribution in [0.3, 0.4) is 0 Å². The third-order valence-corrected chi connectivity index (χ3v) is 4.87. The fraction of sp³-hybridized carbons (Fsp3) is 0.214. The second kappa shape index (κ2) is 4.46. The fourth-order valence-corrected chi connectivity index (χ4v) is 3.92. The summed E-state index contributed by atoms with van der Waals surface area (Å²) in [7, 11) is 0. The number of rotatable bonds is 1. The molecule has 0 amide bonds. The minimum atomic E-state index is 0.624. The van der Waals surface area contributed by atoms with Crippen LogP contribution >= 0.6 is 11.3 Å². The third-order valence-electron chi connectivity index (χ3n) is 3.83. The van der Waals surface area contributed by atoms with E-state index in [1.165, 1.54) is 11.3 Å². The molecule has 0 atom stereocenters. The maximum absolute atomic E-state index is 9.20. The SMILES string of the molecule is N#Cc1c(N)sc2c1CCN(c1ncnc3[nH]ccc13)C2. The van der Waals surface area contributed by atoms with Crippen LogP contribution in [0.5, 0.6) is 0 Å². The van der Waals surface area contributed by atoms with E-state index in [4.69, 9.17) is 5.73 Å². The molecule has 0 saturated carbocycles. The van der Waals surface area contributed by atoms with Crippen LogP contribution < -0.4 is 10.6 Å². The van der Waals surface area contributed by atoms with Crippen molar-refractivity contribution >= 4 is 33.2 Å². The second-order valence-corrected chi connectivity index (χ2v) is 6.10. The van der Waals surface area contributed by atoms with Gasteiger partial charge < -0.3 is 15.6 Å². The Morgan fingerprint density at radius 2 is 2.33 bits per heavy atom. The number of thiophene rings is 1. The van der Waals surface area contributed by atoms with Crippen LogP contribution in [0.15, 0.2) is 18.6 Å². The summed E-state index contributed by atoms with van der Waals surface area (Å²) in [6, 6.07) is 4.21. The lowest BCUT2D eigenvalue weighted by atomic mass is 10.0. The lowest BCUT2D eigenvalue weighted by molar-refractivity contribution is 0.734. The van der Waals surface area contributed by atoms with Gasteiger partial charge in [-0.3, -0.25) is 0 Å². The van der Waals surface area contributed by atoms with E-state index >= 15 is 0 Å². The van der Waals surface area contributed by atoms with Gasteiger partial charge in [0.25, 0.3) is 0 Å². The highest BCUT2D eigenvalue weighted by Crippen LogP contribution is 2.36. The Bertz CT molecular complexity index is 871. The van der Waals surface area contributed by atoms with Crippen LogP contribution in [0.25, 0.3) is 11.0 Å². The lowest BCUT2D eigenvalue weighted by Crippen LogP contribution is -2.30. The van der Waals surface area contributed by atoms with Crippen molar-refractivity contribution in [1.82, 2.24) is 15.0 Å². The first kappa shape index (κ1) is 12.2.